The molecule has 1 heterocycles. The lowest BCUT2D eigenvalue weighted by Crippen LogP contribution is -2.32. The van der Waals surface area contributed by atoms with Gasteiger partial charge < -0.3 is 10.3 Å². The van der Waals surface area contributed by atoms with Crippen LogP contribution in [-0.4, -0.2) is 16.0 Å². The molecule has 17 heavy (non-hydrogen) atoms. The van der Waals surface area contributed by atoms with Crippen LogP contribution in [0.25, 0.3) is 0 Å². The molecule has 0 spiro atoms. The highest BCUT2D eigenvalue weighted by Crippen LogP contribution is 2.29. The highest BCUT2D eigenvalue weighted by atomic mass is 35.5. The van der Waals surface area contributed by atoms with Gasteiger partial charge in [-0.3, -0.25) is 0 Å². The lowest BCUT2D eigenvalue weighted by atomic mass is 9.97. The molecule has 2 unspecified atom stereocenters. The first-order chi connectivity index (χ1) is 7.90. The summed E-state index contributed by atoms with van der Waals surface area (Å²) in [5.74, 6) is 1.95. The topological polar surface area (TPSA) is 40.7 Å². The van der Waals surface area contributed by atoms with Crippen molar-refractivity contribution in [2.45, 2.75) is 58.0 Å². The van der Waals surface area contributed by atoms with E-state index >= 15 is 0 Å². The third-order valence-electron chi connectivity index (χ3n) is 3.67. The smallest absolute Gasteiger partial charge is 0.120 e. The number of nitrogens with one attached hydrogen (secondary N) is 2. The van der Waals surface area contributed by atoms with Crippen molar-refractivity contribution >= 4 is 12.4 Å². The van der Waals surface area contributed by atoms with Crippen LogP contribution in [0.3, 0.4) is 0 Å². The molecule has 1 saturated carbocycles. The van der Waals surface area contributed by atoms with Gasteiger partial charge in [-0.05, 0) is 25.2 Å². The fourth-order valence-corrected chi connectivity index (χ4v) is 2.74. The van der Waals surface area contributed by atoms with E-state index < -0.39 is 0 Å². The maximum Gasteiger partial charge on any atom is 0.120 e. The first-order valence-corrected chi connectivity index (χ1v) is 6.61. The largest absolute Gasteiger partial charge is 0.348 e. The van der Waals surface area contributed by atoms with Crippen LogP contribution in [0.15, 0.2) is 12.4 Å². The minimum Gasteiger partial charge on any atom is -0.348 e. The van der Waals surface area contributed by atoms with Gasteiger partial charge in [-0.1, -0.05) is 26.2 Å². The highest BCUT2D eigenvalue weighted by Gasteiger charge is 2.25. The molecule has 0 bridgehead atoms. The van der Waals surface area contributed by atoms with Gasteiger partial charge in [0.2, 0.25) is 0 Å². The van der Waals surface area contributed by atoms with Crippen molar-refractivity contribution in [3.63, 3.8) is 0 Å². The number of hydrogen-bond acceptors (Lipinski definition) is 2. The van der Waals surface area contributed by atoms with Gasteiger partial charge in [-0.15, -0.1) is 12.4 Å². The Hall–Kier alpha value is -0.540. The van der Waals surface area contributed by atoms with Gasteiger partial charge in [0.1, 0.15) is 5.82 Å². The van der Waals surface area contributed by atoms with E-state index in [2.05, 4.69) is 22.2 Å². The summed E-state index contributed by atoms with van der Waals surface area (Å²) in [4.78, 5) is 7.39. The lowest BCUT2D eigenvalue weighted by Gasteiger charge is -2.20. The number of halogens is 1. The van der Waals surface area contributed by atoms with Gasteiger partial charge >= 0.3 is 0 Å². The summed E-state index contributed by atoms with van der Waals surface area (Å²) in [5.41, 5.74) is 0. The Morgan fingerprint density at radius 3 is 3.06 bits per heavy atom. The molecule has 0 aliphatic heterocycles. The molecule has 1 aromatic heterocycles. The van der Waals surface area contributed by atoms with E-state index in [0.29, 0.717) is 0 Å². The summed E-state index contributed by atoms with van der Waals surface area (Å²) >= 11 is 0. The number of imidazole rings is 1. The zero-order chi connectivity index (χ0) is 11.2. The summed E-state index contributed by atoms with van der Waals surface area (Å²) in [6.07, 6.45) is 12.0. The molecular formula is C13H24ClN3. The zero-order valence-electron chi connectivity index (χ0n) is 10.6. The molecule has 98 valence electrons. The van der Waals surface area contributed by atoms with Crippen molar-refractivity contribution in [3.8, 4) is 0 Å². The number of hydrogen-bond donors (Lipinski definition) is 2. The Balaban J connectivity index is 0.00000144. The van der Waals surface area contributed by atoms with Gasteiger partial charge in [-0.2, -0.15) is 0 Å². The molecule has 1 aromatic rings. The van der Waals surface area contributed by atoms with E-state index in [-0.39, 0.29) is 12.4 Å². The summed E-state index contributed by atoms with van der Waals surface area (Å²) in [6.45, 7) is 3.17. The first kappa shape index (κ1) is 14.5. The number of unbranched alkanes of at least 4 members (excludes halogenated alkanes) is 1. The maximum atomic E-state index is 4.25. The summed E-state index contributed by atoms with van der Waals surface area (Å²) < 4.78 is 0. The second-order valence-electron chi connectivity index (χ2n) is 4.86. The molecule has 0 radical (unpaired) electrons. The van der Waals surface area contributed by atoms with Crippen LogP contribution in [0.2, 0.25) is 0 Å². The molecule has 4 heteroatoms. The second kappa shape index (κ2) is 7.72. The number of aromatic nitrogens is 2. The van der Waals surface area contributed by atoms with Crippen molar-refractivity contribution < 1.29 is 0 Å². The summed E-state index contributed by atoms with van der Waals surface area (Å²) in [7, 11) is 0. The van der Waals surface area contributed by atoms with E-state index in [1.807, 2.05) is 12.4 Å². The van der Waals surface area contributed by atoms with Crippen molar-refractivity contribution in [3.05, 3.63) is 18.2 Å². The quantitative estimate of drug-likeness (QED) is 0.821. The SMILES string of the molecule is CCCCC1CCCC1NCc1ncc[nH]1.Cl. The number of aromatic amines is 1. The molecular weight excluding hydrogens is 234 g/mol. The first-order valence-electron chi connectivity index (χ1n) is 6.61. The molecule has 3 nitrogen and oxygen atoms in total. The Morgan fingerprint density at radius 2 is 2.35 bits per heavy atom. The van der Waals surface area contributed by atoms with Crippen molar-refractivity contribution in [2.24, 2.45) is 5.92 Å². The maximum absolute atomic E-state index is 4.25. The van der Waals surface area contributed by atoms with Gasteiger partial charge in [0.15, 0.2) is 0 Å². The van der Waals surface area contributed by atoms with Crippen LogP contribution in [0.1, 0.15) is 51.3 Å². The average Bonchev–Trinajstić information content (AvgIpc) is 2.94. The summed E-state index contributed by atoms with van der Waals surface area (Å²) in [6, 6.07) is 0.719. The molecule has 1 aliphatic carbocycles. The fraction of sp³-hybridized carbons (Fsp3) is 0.769. The van der Waals surface area contributed by atoms with Crippen LogP contribution >= 0.6 is 12.4 Å². The van der Waals surface area contributed by atoms with Gasteiger partial charge in [0, 0.05) is 18.4 Å². The molecule has 2 N–H and O–H groups in total. The van der Waals surface area contributed by atoms with E-state index in [1.165, 1.54) is 38.5 Å². The van der Waals surface area contributed by atoms with Crippen LogP contribution in [-0.2, 0) is 6.54 Å². The fourth-order valence-electron chi connectivity index (χ4n) is 2.74. The Kier molecular flexibility index (Phi) is 6.60. The Bertz CT molecular complexity index is 287. The van der Waals surface area contributed by atoms with Crippen molar-refractivity contribution in [1.82, 2.24) is 15.3 Å². The minimum atomic E-state index is 0. The monoisotopic (exact) mass is 257 g/mol. The molecule has 1 fully saturated rings. The molecule has 0 saturated heterocycles. The standard InChI is InChI=1S/C13H23N3.ClH/c1-2-3-5-11-6-4-7-12(11)16-10-13-14-8-9-15-13;/h8-9,11-12,16H,2-7,10H2,1H3,(H,14,15);1H. The molecule has 1 aliphatic rings. The van der Waals surface area contributed by atoms with Crippen LogP contribution in [0.4, 0.5) is 0 Å². The van der Waals surface area contributed by atoms with Gasteiger partial charge in [-0.25, -0.2) is 4.98 Å². The predicted octanol–water partition coefficient (Wildman–Crippen LogP) is 3.28. The Morgan fingerprint density at radius 1 is 1.47 bits per heavy atom. The zero-order valence-corrected chi connectivity index (χ0v) is 11.4. The van der Waals surface area contributed by atoms with Crippen LogP contribution in [0.5, 0.6) is 0 Å². The molecule has 2 rings (SSSR count). The molecule has 0 aromatic carbocycles. The van der Waals surface area contributed by atoms with E-state index in [9.17, 15) is 0 Å². The minimum absolute atomic E-state index is 0. The van der Waals surface area contributed by atoms with E-state index in [4.69, 9.17) is 0 Å². The lowest BCUT2D eigenvalue weighted by molar-refractivity contribution is 0.366. The molecule has 0 amide bonds. The highest BCUT2D eigenvalue weighted by molar-refractivity contribution is 5.85. The number of H-pyrrole nitrogens is 1. The van der Waals surface area contributed by atoms with Crippen molar-refractivity contribution in [1.29, 1.82) is 0 Å². The Labute approximate surface area is 110 Å². The van der Waals surface area contributed by atoms with E-state index in [0.717, 1.165) is 24.3 Å². The number of nitrogens with zero attached hydrogens (tertiary/aromatic N) is 1. The van der Waals surface area contributed by atoms with Crippen LogP contribution in [0, 0.1) is 5.92 Å². The summed E-state index contributed by atoms with van der Waals surface area (Å²) in [5, 5.41) is 3.65. The average molecular weight is 258 g/mol. The number of rotatable bonds is 6. The van der Waals surface area contributed by atoms with Crippen LogP contribution < -0.4 is 5.32 Å². The normalized spacial score (nSPS) is 23.6. The predicted molar refractivity (Wildman–Crippen MR) is 73.3 cm³/mol. The van der Waals surface area contributed by atoms with Crippen molar-refractivity contribution in [2.75, 3.05) is 0 Å². The van der Waals surface area contributed by atoms with Gasteiger partial charge in [0.25, 0.3) is 0 Å². The third kappa shape index (κ3) is 4.32. The van der Waals surface area contributed by atoms with E-state index in [1.54, 1.807) is 0 Å². The van der Waals surface area contributed by atoms with Gasteiger partial charge in [0.05, 0.1) is 6.54 Å². The third-order valence-corrected chi connectivity index (χ3v) is 3.67. The second-order valence-corrected chi connectivity index (χ2v) is 4.86. The molecule has 2 atom stereocenters.